The topological polar surface area (TPSA) is 99.8 Å². The van der Waals surface area contributed by atoms with Crippen molar-refractivity contribution < 1.29 is 4.79 Å². The van der Waals surface area contributed by atoms with Crippen LogP contribution in [0.15, 0.2) is 36.5 Å². The van der Waals surface area contributed by atoms with Gasteiger partial charge < -0.3 is 9.88 Å². The summed E-state index contributed by atoms with van der Waals surface area (Å²) in [6.45, 7) is 1.41. The zero-order valence-electron chi connectivity index (χ0n) is 14.9. The molecule has 26 heavy (non-hydrogen) atoms. The van der Waals surface area contributed by atoms with E-state index in [0.29, 0.717) is 19.6 Å². The van der Waals surface area contributed by atoms with Gasteiger partial charge in [0.2, 0.25) is 5.91 Å². The first-order valence-electron chi connectivity index (χ1n) is 8.43. The zero-order chi connectivity index (χ0) is 18.8. The molecule has 134 valence electrons. The second-order valence-corrected chi connectivity index (χ2v) is 5.98. The van der Waals surface area contributed by atoms with Crippen LogP contribution in [0.2, 0.25) is 0 Å². The maximum atomic E-state index is 12.4. The van der Waals surface area contributed by atoms with Crippen molar-refractivity contribution in [3.63, 3.8) is 0 Å². The van der Waals surface area contributed by atoms with Gasteiger partial charge in [0.1, 0.15) is 5.82 Å². The van der Waals surface area contributed by atoms with E-state index in [1.54, 1.807) is 11.1 Å². The number of nitriles is 2. The molecule has 0 aliphatic rings. The standard InChI is InChI=1S/C19H22N6O/c1-24(15-19(26)25(11-5-9-20)12-6-10-21)14-18-22-13-17(23-18)16-7-3-2-4-8-16/h2-4,7-8,13H,5-6,11-12,14-15H2,1H3,(H,22,23). The molecule has 0 unspecified atom stereocenters. The molecule has 0 aliphatic carbocycles. The number of carbonyl (C=O) groups excluding carboxylic acids is 1. The normalized spacial score (nSPS) is 10.3. The van der Waals surface area contributed by atoms with Gasteiger partial charge in [-0.1, -0.05) is 30.3 Å². The molecule has 1 aromatic heterocycles. The third kappa shape index (κ3) is 5.73. The van der Waals surface area contributed by atoms with Crippen molar-refractivity contribution >= 4 is 5.91 Å². The molecule has 1 aromatic carbocycles. The third-order valence-electron chi connectivity index (χ3n) is 3.88. The lowest BCUT2D eigenvalue weighted by molar-refractivity contribution is -0.132. The summed E-state index contributed by atoms with van der Waals surface area (Å²) < 4.78 is 0. The number of amides is 1. The first-order chi connectivity index (χ1) is 12.6. The molecule has 0 atom stereocenters. The van der Waals surface area contributed by atoms with Crippen molar-refractivity contribution in [1.82, 2.24) is 19.8 Å². The summed E-state index contributed by atoms with van der Waals surface area (Å²) in [5, 5.41) is 17.4. The first kappa shape index (κ1) is 19.2. The summed E-state index contributed by atoms with van der Waals surface area (Å²) in [7, 11) is 1.84. The van der Waals surface area contributed by atoms with Crippen LogP contribution in [0.5, 0.6) is 0 Å². The molecule has 1 N–H and O–H groups in total. The lowest BCUT2D eigenvalue weighted by Crippen LogP contribution is -2.39. The molecule has 7 nitrogen and oxygen atoms in total. The molecule has 0 spiro atoms. The van der Waals surface area contributed by atoms with E-state index in [1.165, 1.54) is 0 Å². The van der Waals surface area contributed by atoms with Gasteiger partial charge in [-0.15, -0.1) is 0 Å². The average Bonchev–Trinajstić information content (AvgIpc) is 3.10. The number of imidazole rings is 1. The number of rotatable bonds is 9. The minimum atomic E-state index is -0.0900. The van der Waals surface area contributed by atoms with Crippen LogP contribution in [0, 0.1) is 22.7 Å². The van der Waals surface area contributed by atoms with Crippen LogP contribution < -0.4 is 0 Å². The monoisotopic (exact) mass is 350 g/mol. The molecule has 0 saturated carbocycles. The highest BCUT2D eigenvalue weighted by Gasteiger charge is 2.16. The fourth-order valence-corrected chi connectivity index (χ4v) is 2.58. The molecular formula is C19H22N6O. The van der Waals surface area contributed by atoms with Gasteiger partial charge in [-0.25, -0.2) is 4.98 Å². The van der Waals surface area contributed by atoms with E-state index in [0.717, 1.165) is 17.1 Å². The van der Waals surface area contributed by atoms with Gasteiger partial charge in [0, 0.05) is 13.1 Å². The van der Waals surface area contributed by atoms with Crippen LogP contribution in [0.3, 0.4) is 0 Å². The molecule has 0 fully saturated rings. The SMILES string of the molecule is CN(CC(=O)N(CCC#N)CCC#N)Cc1ncc(-c2ccccc2)[nH]1. The Morgan fingerprint density at radius 3 is 2.42 bits per heavy atom. The van der Waals surface area contributed by atoms with E-state index < -0.39 is 0 Å². The van der Waals surface area contributed by atoms with Crippen LogP contribution >= 0.6 is 0 Å². The maximum Gasteiger partial charge on any atom is 0.236 e. The van der Waals surface area contributed by atoms with E-state index in [2.05, 4.69) is 9.97 Å². The van der Waals surface area contributed by atoms with Gasteiger partial charge >= 0.3 is 0 Å². The van der Waals surface area contributed by atoms with Gasteiger partial charge in [0.15, 0.2) is 0 Å². The summed E-state index contributed by atoms with van der Waals surface area (Å²) >= 11 is 0. The van der Waals surface area contributed by atoms with E-state index in [4.69, 9.17) is 10.5 Å². The predicted octanol–water partition coefficient (Wildman–Crippen LogP) is 2.16. The molecule has 2 aromatic rings. The Morgan fingerprint density at radius 1 is 1.15 bits per heavy atom. The molecule has 2 rings (SSSR count). The average molecular weight is 350 g/mol. The number of nitrogens with one attached hydrogen (secondary N) is 1. The number of aromatic amines is 1. The van der Waals surface area contributed by atoms with Gasteiger partial charge in [-0.2, -0.15) is 10.5 Å². The van der Waals surface area contributed by atoms with Gasteiger partial charge in [-0.05, 0) is 12.6 Å². The molecule has 0 bridgehead atoms. The largest absolute Gasteiger partial charge is 0.341 e. The number of benzene rings is 1. The second kappa shape index (κ2) is 9.97. The summed E-state index contributed by atoms with van der Waals surface area (Å²) in [4.78, 5) is 23.5. The highest BCUT2D eigenvalue weighted by Crippen LogP contribution is 2.16. The summed E-state index contributed by atoms with van der Waals surface area (Å²) in [6, 6.07) is 14.0. The van der Waals surface area contributed by atoms with Crippen molar-refractivity contribution in [1.29, 1.82) is 10.5 Å². The second-order valence-electron chi connectivity index (χ2n) is 5.98. The molecule has 1 amide bonds. The number of likely N-dealkylation sites (N-methyl/N-ethyl adjacent to an activating group) is 1. The van der Waals surface area contributed by atoms with Gasteiger partial charge in [-0.3, -0.25) is 9.69 Å². The van der Waals surface area contributed by atoms with Crippen LogP contribution in [-0.2, 0) is 11.3 Å². The highest BCUT2D eigenvalue weighted by molar-refractivity contribution is 5.78. The van der Waals surface area contributed by atoms with Crippen molar-refractivity contribution in [3.05, 3.63) is 42.4 Å². The zero-order valence-corrected chi connectivity index (χ0v) is 14.9. The maximum absolute atomic E-state index is 12.4. The highest BCUT2D eigenvalue weighted by atomic mass is 16.2. The Morgan fingerprint density at radius 2 is 1.81 bits per heavy atom. The number of H-pyrrole nitrogens is 1. The summed E-state index contributed by atoms with van der Waals surface area (Å²) in [6.07, 6.45) is 2.31. The Labute approximate surface area is 153 Å². The first-order valence-corrected chi connectivity index (χ1v) is 8.43. The van der Waals surface area contributed by atoms with Crippen LogP contribution in [0.1, 0.15) is 18.7 Å². The molecular weight excluding hydrogens is 328 g/mol. The van der Waals surface area contributed by atoms with E-state index in [9.17, 15) is 4.79 Å². The summed E-state index contributed by atoms with van der Waals surface area (Å²) in [5.74, 6) is 0.688. The van der Waals surface area contributed by atoms with E-state index >= 15 is 0 Å². The van der Waals surface area contributed by atoms with Crippen molar-refractivity contribution in [3.8, 4) is 23.4 Å². The van der Waals surface area contributed by atoms with Gasteiger partial charge in [0.05, 0.1) is 50.0 Å². The smallest absolute Gasteiger partial charge is 0.236 e. The third-order valence-corrected chi connectivity index (χ3v) is 3.88. The number of aromatic nitrogens is 2. The van der Waals surface area contributed by atoms with Crippen LogP contribution in [-0.4, -0.2) is 52.4 Å². The Hall–Kier alpha value is -3.16. The lowest BCUT2D eigenvalue weighted by Gasteiger charge is -2.23. The number of nitrogens with zero attached hydrogens (tertiary/aromatic N) is 5. The van der Waals surface area contributed by atoms with E-state index in [-0.39, 0.29) is 25.3 Å². The lowest BCUT2D eigenvalue weighted by atomic mass is 10.2. The van der Waals surface area contributed by atoms with Crippen molar-refractivity contribution in [2.75, 3.05) is 26.7 Å². The molecule has 0 saturated heterocycles. The number of hydrogen-bond donors (Lipinski definition) is 1. The molecule has 7 heteroatoms. The minimum absolute atomic E-state index is 0.0900. The number of carbonyl (C=O) groups is 1. The Bertz CT molecular complexity index is 768. The molecule has 0 radical (unpaired) electrons. The molecule has 1 heterocycles. The minimum Gasteiger partial charge on any atom is -0.341 e. The number of hydrogen-bond acceptors (Lipinski definition) is 5. The van der Waals surface area contributed by atoms with E-state index in [1.807, 2.05) is 54.4 Å². The summed E-state index contributed by atoms with van der Waals surface area (Å²) in [5.41, 5.74) is 1.99. The predicted molar refractivity (Wildman–Crippen MR) is 97.4 cm³/mol. The van der Waals surface area contributed by atoms with Crippen LogP contribution in [0.25, 0.3) is 11.3 Å². The van der Waals surface area contributed by atoms with Crippen molar-refractivity contribution in [2.24, 2.45) is 0 Å². The fourth-order valence-electron chi connectivity index (χ4n) is 2.58. The quantitative estimate of drug-likeness (QED) is 0.747. The van der Waals surface area contributed by atoms with Gasteiger partial charge in [0.25, 0.3) is 0 Å². The van der Waals surface area contributed by atoms with Crippen LogP contribution in [0.4, 0.5) is 0 Å². The van der Waals surface area contributed by atoms with Crippen molar-refractivity contribution in [2.45, 2.75) is 19.4 Å². The Kier molecular flexibility index (Phi) is 7.35. The fraction of sp³-hybridized carbons (Fsp3) is 0.368. The molecule has 0 aliphatic heterocycles. The Balaban J connectivity index is 1.92.